The molecule has 1 aromatic rings. The monoisotopic (exact) mass is 415 g/mol. The Morgan fingerprint density at radius 3 is 2.67 bits per heavy atom. The number of amides is 1. The summed E-state index contributed by atoms with van der Waals surface area (Å²) >= 11 is 0. The number of hydrogen-bond donors (Lipinski definition) is 2. The van der Waals surface area contributed by atoms with Gasteiger partial charge in [-0.25, -0.2) is 8.42 Å². The van der Waals surface area contributed by atoms with Crippen LogP contribution in [0.25, 0.3) is 0 Å². The molecular weight excluding hydrogens is 386 g/mol. The van der Waals surface area contributed by atoms with Gasteiger partial charge >= 0.3 is 0 Å². The topological polar surface area (TPSA) is 78.5 Å². The number of nitrogens with zero attached hydrogens (tertiary/aromatic N) is 1. The first-order valence-electron chi connectivity index (χ1n) is 9.59. The van der Waals surface area contributed by atoms with Gasteiger partial charge in [0.25, 0.3) is 0 Å². The summed E-state index contributed by atoms with van der Waals surface area (Å²) in [6.45, 7) is 5.71. The fourth-order valence-corrected chi connectivity index (χ4v) is 4.93. The van der Waals surface area contributed by atoms with E-state index < -0.39 is 9.84 Å². The van der Waals surface area contributed by atoms with Gasteiger partial charge in [0, 0.05) is 39.1 Å². The van der Waals surface area contributed by atoms with E-state index in [1.54, 1.807) is 12.1 Å². The van der Waals surface area contributed by atoms with Gasteiger partial charge in [0.15, 0.2) is 9.84 Å². The molecule has 0 radical (unpaired) electrons. The van der Waals surface area contributed by atoms with Crippen LogP contribution in [0.15, 0.2) is 23.1 Å². The predicted octanol–water partition coefficient (Wildman–Crippen LogP) is 1.17. The number of hydrogen-bond acceptors (Lipinski definition) is 5. The van der Waals surface area contributed by atoms with Crippen LogP contribution in [-0.2, 0) is 27.5 Å². The zero-order chi connectivity index (χ0) is 18.4. The number of benzene rings is 1. The van der Waals surface area contributed by atoms with E-state index in [9.17, 15) is 13.2 Å². The molecule has 0 spiro atoms. The Balaban J connectivity index is 0.00000261. The number of carbonyl (C=O) groups excluding carboxylic acids is 1. The lowest BCUT2D eigenvalue weighted by atomic mass is 10.1. The zero-order valence-corrected chi connectivity index (χ0v) is 17.3. The maximum atomic E-state index is 12.5. The summed E-state index contributed by atoms with van der Waals surface area (Å²) in [6.07, 6.45) is 3.99. The van der Waals surface area contributed by atoms with Crippen LogP contribution in [0.3, 0.4) is 0 Å². The van der Waals surface area contributed by atoms with Gasteiger partial charge in [-0.2, -0.15) is 0 Å². The first kappa shape index (κ1) is 22.1. The van der Waals surface area contributed by atoms with Gasteiger partial charge in [0.1, 0.15) is 0 Å². The minimum Gasteiger partial charge on any atom is -0.356 e. The number of nitrogens with one attached hydrogen (secondary N) is 2. The third kappa shape index (κ3) is 6.45. The van der Waals surface area contributed by atoms with Gasteiger partial charge in [-0.05, 0) is 55.5 Å². The molecule has 1 fully saturated rings. The molecule has 1 amide bonds. The number of aryl methyl sites for hydroxylation is 2. The number of fused-ring (bicyclic) bond motifs is 1. The van der Waals surface area contributed by atoms with E-state index in [1.165, 1.54) is 5.56 Å². The summed E-state index contributed by atoms with van der Waals surface area (Å²) in [5, 5.41) is 6.16. The average molecular weight is 416 g/mol. The second kappa shape index (κ2) is 10.4. The highest BCUT2D eigenvalue weighted by Crippen LogP contribution is 2.25. The Hall–Kier alpha value is -1.15. The van der Waals surface area contributed by atoms with Crippen LogP contribution in [0.2, 0.25) is 0 Å². The summed E-state index contributed by atoms with van der Waals surface area (Å²) in [4.78, 5) is 14.7. The smallest absolute Gasteiger partial charge is 0.221 e. The second-order valence-electron chi connectivity index (χ2n) is 7.15. The van der Waals surface area contributed by atoms with Crippen molar-refractivity contribution in [1.82, 2.24) is 15.5 Å². The SMILES string of the molecule is Cl.O=C(CCS(=O)(=O)c1ccc2c(c1)CCC2)NCCCN1CCNCC1. The van der Waals surface area contributed by atoms with Crippen molar-refractivity contribution in [2.45, 2.75) is 37.0 Å². The molecule has 0 bridgehead atoms. The maximum absolute atomic E-state index is 12.5. The highest BCUT2D eigenvalue weighted by Gasteiger charge is 2.19. The number of rotatable bonds is 8. The second-order valence-corrected chi connectivity index (χ2v) is 9.26. The van der Waals surface area contributed by atoms with Crippen molar-refractivity contribution in [3.63, 3.8) is 0 Å². The molecule has 0 aromatic heterocycles. The van der Waals surface area contributed by atoms with Gasteiger partial charge in [-0.3, -0.25) is 4.79 Å². The molecule has 0 unspecified atom stereocenters. The minimum atomic E-state index is -3.40. The van der Waals surface area contributed by atoms with Crippen LogP contribution < -0.4 is 10.6 Å². The molecular formula is C19H30ClN3O3S. The van der Waals surface area contributed by atoms with Crippen molar-refractivity contribution in [3.8, 4) is 0 Å². The van der Waals surface area contributed by atoms with Crippen LogP contribution in [0.1, 0.15) is 30.4 Å². The Morgan fingerprint density at radius 2 is 1.89 bits per heavy atom. The largest absolute Gasteiger partial charge is 0.356 e. The predicted molar refractivity (Wildman–Crippen MR) is 109 cm³/mol. The quantitative estimate of drug-likeness (QED) is 0.623. The normalized spacial score (nSPS) is 17.2. The highest BCUT2D eigenvalue weighted by molar-refractivity contribution is 7.91. The van der Waals surface area contributed by atoms with Crippen molar-refractivity contribution in [1.29, 1.82) is 0 Å². The maximum Gasteiger partial charge on any atom is 0.221 e. The summed E-state index contributed by atoms with van der Waals surface area (Å²) in [7, 11) is -3.40. The van der Waals surface area contributed by atoms with Crippen molar-refractivity contribution < 1.29 is 13.2 Å². The van der Waals surface area contributed by atoms with E-state index in [0.29, 0.717) is 11.4 Å². The fraction of sp³-hybridized carbons (Fsp3) is 0.632. The van der Waals surface area contributed by atoms with Crippen LogP contribution >= 0.6 is 12.4 Å². The zero-order valence-electron chi connectivity index (χ0n) is 15.7. The molecule has 27 heavy (non-hydrogen) atoms. The van der Waals surface area contributed by atoms with Crippen LogP contribution in [0.5, 0.6) is 0 Å². The van der Waals surface area contributed by atoms with Gasteiger partial charge < -0.3 is 15.5 Å². The molecule has 8 heteroatoms. The van der Waals surface area contributed by atoms with Gasteiger partial charge in [-0.15, -0.1) is 12.4 Å². The van der Waals surface area contributed by atoms with E-state index in [0.717, 1.165) is 64.0 Å². The molecule has 1 aliphatic carbocycles. The van der Waals surface area contributed by atoms with Crippen LogP contribution in [-0.4, -0.2) is 64.2 Å². The third-order valence-electron chi connectivity index (χ3n) is 5.21. The molecule has 0 saturated carbocycles. The molecule has 3 rings (SSSR count). The van der Waals surface area contributed by atoms with Crippen molar-refractivity contribution in [3.05, 3.63) is 29.3 Å². The van der Waals surface area contributed by atoms with E-state index >= 15 is 0 Å². The molecule has 6 nitrogen and oxygen atoms in total. The lowest BCUT2D eigenvalue weighted by Crippen LogP contribution is -2.44. The van der Waals surface area contributed by atoms with Crippen molar-refractivity contribution in [2.24, 2.45) is 0 Å². The van der Waals surface area contributed by atoms with E-state index in [4.69, 9.17) is 0 Å². The molecule has 1 aromatic carbocycles. The summed E-state index contributed by atoms with van der Waals surface area (Å²) < 4.78 is 25.0. The number of sulfone groups is 1. The van der Waals surface area contributed by atoms with Crippen molar-refractivity contribution >= 4 is 28.2 Å². The lowest BCUT2D eigenvalue weighted by molar-refractivity contribution is -0.120. The molecule has 1 aliphatic heterocycles. The molecule has 2 N–H and O–H groups in total. The Labute approximate surface area is 168 Å². The van der Waals surface area contributed by atoms with E-state index in [-0.39, 0.29) is 30.5 Å². The number of halogens is 1. The Morgan fingerprint density at radius 1 is 1.15 bits per heavy atom. The Kier molecular flexibility index (Phi) is 8.54. The Bertz CT molecular complexity index is 734. The van der Waals surface area contributed by atoms with Crippen molar-refractivity contribution in [2.75, 3.05) is 45.0 Å². The minimum absolute atomic E-state index is 0. The lowest BCUT2D eigenvalue weighted by Gasteiger charge is -2.27. The standard InChI is InChI=1S/C19H29N3O3S.ClH/c23-19(21-8-2-11-22-12-9-20-10-13-22)7-14-26(24,25)18-6-5-16-3-1-4-17(16)15-18;/h5-6,15,20H,1-4,7-14H2,(H,21,23);1H. The molecule has 1 heterocycles. The molecule has 152 valence electrons. The number of piperazine rings is 1. The summed E-state index contributed by atoms with van der Waals surface area (Å²) in [5.41, 5.74) is 2.40. The van der Waals surface area contributed by atoms with E-state index in [2.05, 4.69) is 15.5 Å². The molecule has 2 aliphatic rings. The molecule has 0 atom stereocenters. The fourth-order valence-electron chi connectivity index (χ4n) is 3.64. The summed E-state index contributed by atoms with van der Waals surface area (Å²) in [6, 6.07) is 5.40. The van der Waals surface area contributed by atoms with Gasteiger partial charge in [0.05, 0.1) is 10.6 Å². The summed E-state index contributed by atoms with van der Waals surface area (Å²) in [5.74, 6) is -0.315. The van der Waals surface area contributed by atoms with Gasteiger partial charge in [0.2, 0.25) is 5.91 Å². The third-order valence-corrected chi connectivity index (χ3v) is 6.92. The van der Waals surface area contributed by atoms with Crippen LogP contribution in [0.4, 0.5) is 0 Å². The first-order chi connectivity index (χ1) is 12.5. The number of carbonyl (C=O) groups is 1. The average Bonchev–Trinajstić information content (AvgIpc) is 3.12. The molecule has 1 saturated heterocycles. The van der Waals surface area contributed by atoms with Gasteiger partial charge in [-0.1, -0.05) is 6.07 Å². The van der Waals surface area contributed by atoms with Crippen LogP contribution in [0, 0.1) is 0 Å². The van der Waals surface area contributed by atoms with E-state index in [1.807, 2.05) is 6.07 Å². The highest BCUT2D eigenvalue weighted by atomic mass is 35.5. The first-order valence-corrected chi connectivity index (χ1v) is 11.2.